The average Bonchev–Trinajstić information content (AvgIpc) is 2.04. The number of allylic oxidation sites excluding steroid dienone is 1. The molecule has 0 N–H and O–H groups in total. The third kappa shape index (κ3) is 3.45. The van der Waals surface area contributed by atoms with Crippen LogP contribution in [0.1, 0.15) is 25.8 Å². The maximum absolute atomic E-state index is 3.79. The zero-order valence-corrected chi connectivity index (χ0v) is 8.59. The second-order valence-electron chi connectivity index (χ2n) is 4.32. The van der Waals surface area contributed by atoms with Crippen LogP contribution in [0.15, 0.2) is 43.0 Å². The van der Waals surface area contributed by atoms with E-state index in [4.69, 9.17) is 0 Å². The van der Waals surface area contributed by atoms with Crippen molar-refractivity contribution in [3.05, 3.63) is 48.6 Å². The van der Waals surface area contributed by atoms with Crippen molar-refractivity contribution in [1.82, 2.24) is 0 Å². The molecule has 0 fully saturated rings. The lowest BCUT2D eigenvalue weighted by atomic mass is 9.83. The third-order valence-electron chi connectivity index (χ3n) is 2.22. The Morgan fingerprint density at radius 1 is 1.23 bits per heavy atom. The molecule has 0 spiro atoms. The van der Waals surface area contributed by atoms with Gasteiger partial charge in [0, 0.05) is 0 Å². The van der Waals surface area contributed by atoms with Gasteiger partial charge in [-0.1, -0.05) is 50.3 Å². The standard InChI is InChI=1S/C13H18/c1-4-10-13(2,3)11-12-8-6-5-7-9-12/h4-9H,1,10-11H2,2-3H3. The van der Waals surface area contributed by atoms with Gasteiger partial charge in [0.15, 0.2) is 0 Å². The van der Waals surface area contributed by atoms with Gasteiger partial charge in [-0.15, -0.1) is 6.58 Å². The lowest BCUT2D eigenvalue weighted by Crippen LogP contribution is -2.13. The molecule has 0 saturated heterocycles. The highest BCUT2D eigenvalue weighted by atomic mass is 14.2. The summed E-state index contributed by atoms with van der Waals surface area (Å²) < 4.78 is 0. The highest BCUT2D eigenvalue weighted by molar-refractivity contribution is 5.16. The summed E-state index contributed by atoms with van der Waals surface area (Å²) in [5, 5.41) is 0. The van der Waals surface area contributed by atoms with E-state index in [-0.39, 0.29) is 0 Å². The van der Waals surface area contributed by atoms with E-state index in [1.54, 1.807) is 0 Å². The van der Waals surface area contributed by atoms with Crippen LogP contribution in [-0.4, -0.2) is 0 Å². The fourth-order valence-corrected chi connectivity index (χ4v) is 1.61. The molecule has 1 aromatic carbocycles. The topological polar surface area (TPSA) is 0 Å². The smallest absolute Gasteiger partial charge is 0.0224 e. The largest absolute Gasteiger partial charge is 0.103 e. The van der Waals surface area contributed by atoms with Crippen LogP contribution in [-0.2, 0) is 6.42 Å². The van der Waals surface area contributed by atoms with Crippen LogP contribution in [0, 0.1) is 5.41 Å². The number of rotatable bonds is 4. The van der Waals surface area contributed by atoms with Gasteiger partial charge in [0.05, 0.1) is 0 Å². The number of benzene rings is 1. The summed E-state index contributed by atoms with van der Waals surface area (Å²) in [6.45, 7) is 8.35. The van der Waals surface area contributed by atoms with Gasteiger partial charge in [0.1, 0.15) is 0 Å². The van der Waals surface area contributed by atoms with Gasteiger partial charge >= 0.3 is 0 Å². The first-order valence-electron chi connectivity index (χ1n) is 4.79. The molecule has 0 aliphatic carbocycles. The highest BCUT2D eigenvalue weighted by Gasteiger charge is 2.15. The zero-order valence-electron chi connectivity index (χ0n) is 8.59. The van der Waals surface area contributed by atoms with E-state index < -0.39 is 0 Å². The van der Waals surface area contributed by atoms with Crippen molar-refractivity contribution in [1.29, 1.82) is 0 Å². The molecule has 0 saturated carbocycles. The van der Waals surface area contributed by atoms with Gasteiger partial charge in [-0.3, -0.25) is 0 Å². The van der Waals surface area contributed by atoms with E-state index in [9.17, 15) is 0 Å². The van der Waals surface area contributed by atoms with Crippen LogP contribution in [0.3, 0.4) is 0 Å². The van der Waals surface area contributed by atoms with Crippen LogP contribution in [0.25, 0.3) is 0 Å². The molecule has 0 bridgehead atoms. The van der Waals surface area contributed by atoms with Crippen molar-refractivity contribution < 1.29 is 0 Å². The maximum atomic E-state index is 3.79. The third-order valence-corrected chi connectivity index (χ3v) is 2.22. The molecule has 1 rings (SSSR count). The summed E-state index contributed by atoms with van der Waals surface area (Å²) in [5.41, 5.74) is 1.75. The average molecular weight is 174 g/mol. The normalized spacial score (nSPS) is 11.2. The molecular formula is C13H18. The summed E-state index contributed by atoms with van der Waals surface area (Å²) in [4.78, 5) is 0. The van der Waals surface area contributed by atoms with E-state index in [1.807, 2.05) is 6.08 Å². The Hall–Kier alpha value is -1.04. The van der Waals surface area contributed by atoms with E-state index in [0.717, 1.165) is 12.8 Å². The maximum Gasteiger partial charge on any atom is -0.0224 e. The SMILES string of the molecule is C=CCC(C)(C)Cc1ccccc1. The molecule has 0 aromatic heterocycles. The lowest BCUT2D eigenvalue weighted by molar-refractivity contribution is 0.369. The van der Waals surface area contributed by atoms with E-state index in [0.29, 0.717) is 5.41 Å². The monoisotopic (exact) mass is 174 g/mol. The Labute approximate surface area is 81.3 Å². The van der Waals surface area contributed by atoms with Gasteiger partial charge in [-0.2, -0.15) is 0 Å². The summed E-state index contributed by atoms with van der Waals surface area (Å²) in [6.07, 6.45) is 4.20. The summed E-state index contributed by atoms with van der Waals surface area (Å²) in [7, 11) is 0. The molecule has 0 amide bonds. The molecule has 0 atom stereocenters. The predicted molar refractivity (Wildman–Crippen MR) is 58.7 cm³/mol. The van der Waals surface area contributed by atoms with Crippen LogP contribution >= 0.6 is 0 Å². The molecule has 0 aliphatic rings. The molecule has 13 heavy (non-hydrogen) atoms. The molecule has 0 aliphatic heterocycles. The molecule has 70 valence electrons. The second-order valence-corrected chi connectivity index (χ2v) is 4.32. The van der Waals surface area contributed by atoms with Crippen molar-refractivity contribution in [2.45, 2.75) is 26.7 Å². The summed E-state index contributed by atoms with van der Waals surface area (Å²) in [5.74, 6) is 0. The van der Waals surface area contributed by atoms with Crippen molar-refractivity contribution in [2.75, 3.05) is 0 Å². The lowest BCUT2D eigenvalue weighted by Gasteiger charge is -2.22. The minimum absolute atomic E-state index is 0.336. The van der Waals surface area contributed by atoms with Gasteiger partial charge in [-0.25, -0.2) is 0 Å². The Morgan fingerprint density at radius 3 is 2.38 bits per heavy atom. The number of hydrogen-bond donors (Lipinski definition) is 0. The van der Waals surface area contributed by atoms with E-state index in [1.165, 1.54) is 5.56 Å². The molecule has 0 nitrogen and oxygen atoms in total. The quantitative estimate of drug-likeness (QED) is 0.608. The Morgan fingerprint density at radius 2 is 1.85 bits per heavy atom. The highest BCUT2D eigenvalue weighted by Crippen LogP contribution is 2.25. The van der Waals surface area contributed by atoms with Crippen molar-refractivity contribution in [3.63, 3.8) is 0 Å². The van der Waals surface area contributed by atoms with E-state index in [2.05, 4.69) is 50.8 Å². The predicted octanol–water partition coefficient (Wildman–Crippen LogP) is 3.83. The van der Waals surface area contributed by atoms with Crippen molar-refractivity contribution in [3.8, 4) is 0 Å². The van der Waals surface area contributed by atoms with Crippen LogP contribution in [0.4, 0.5) is 0 Å². The van der Waals surface area contributed by atoms with Crippen LogP contribution < -0.4 is 0 Å². The van der Waals surface area contributed by atoms with Crippen molar-refractivity contribution >= 4 is 0 Å². The second kappa shape index (κ2) is 4.27. The molecule has 0 unspecified atom stereocenters. The number of hydrogen-bond acceptors (Lipinski definition) is 0. The first-order valence-corrected chi connectivity index (χ1v) is 4.79. The first-order chi connectivity index (χ1) is 6.14. The molecule has 0 heterocycles. The van der Waals surface area contributed by atoms with Gasteiger partial charge in [0.25, 0.3) is 0 Å². The molecule has 1 aromatic rings. The van der Waals surface area contributed by atoms with Crippen LogP contribution in [0.2, 0.25) is 0 Å². The minimum atomic E-state index is 0.336. The minimum Gasteiger partial charge on any atom is -0.103 e. The molecular weight excluding hydrogens is 156 g/mol. The fraction of sp³-hybridized carbons (Fsp3) is 0.385. The first kappa shape index (κ1) is 10.0. The molecule has 0 heteroatoms. The Balaban J connectivity index is 2.63. The Bertz CT molecular complexity index is 257. The van der Waals surface area contributed by atoms with Crippen molar-refractivity contribution in [2.24, 2.45) is 5.41 Å². The van der Waals surface area contributed by atoms with Gasteiger partial charge in [-0.05, 0) is 23.8 Å². The van der Waals surface area contributed by atoms with Gasteiger partial charge in [0.2, 0.25) is 0 Å². The zero-order chi connectivity index (χ0) is 9.73. The van der Waals surface area contributed by atoms with Crippen LogP contribution in [0.5, 0.6) is 0 Å². The Kier molecular flexibility index (Phi) is 3.30. The summed E-state index contributed by atoms with van der Waals surface area (Å²) >= 11 is 0. The molecule has 0 radical (unpaired) electrons. The van der Waals surface area contributed by atoms with E-state index >= 15 is 0 Å². The summed E-state index contributed by atoms with van der Waals surface area (Å²) in [6, 6.07) is 10.6. The van der Waals surface area contributed by atoms with Gasteiger partial charge < -0.3 is 0 Å². The fourth-order valence-electron chi connectivity index (χ4n) is 1.61.